The highest BCUT2D eigenvalue weighted by Crippen LogP contribution is 2.40. The average Bonchev–Trinajstić information content (AvgIpc) is 3.13. The number of Topliss-reactive ketones (excluding diaryl/α,β-unsaturated/α-hetero) is 1. The lowest BCUT2D eigenvalue weighted by Crippen LogP contribution is -2.46. The highest BCUT2D eigenvalue weighted by Gasteiger charge is 2.32. The maximum Gasteiger partial charge on any atom is 0.231 e. The van der Waals surface area contributed by atoms with Gasteiger partial charge in [0.15, 0.2) is 5.76 Å². The van der Waals surface area contributed by atoms with Gasteiger partial charge in [-0.15, -0.1) is 0 Å². The number of para-hydroxylation sites is 1. The number of phenols is 1. The Hall–Kier alpha value is -3.71. The van der Waals surface area contributed by atoms with Crippen molar-refractivity contribution in [3.63, 3.8) is 0 Å². The summed E-state index contributed by atoms with van der Waals surface area (Å²) in [6.45, 7) is 3.18. The third-order valence-corrected chi connectivity index (χ3v) is 5.87. The highest BCUT2D eigenvalue weighted by atomic mass is 19.1. The Morgan fingerprint density at radius 1 is 1.03 bits per heavy atom. The summed E-state index contributed by atoms with van der Waals surface area (Å²) < 4.78 is 20.0. The van der Waals surface area contributed by atoms with E-state index < -0.39 is 0 Å². The van der Waals surface area contributed by atoms with Gasteiger partial charge in [-0.05, 0) is 48.0 Å². The van der Waals surface area contributed by atoms with Crippen LogP contribution in [0.15, 0.2) is 66.7 Å². The molecule has 2 aliphatic rings. The van der Waals surface area contributed by atoms with Crippen molar-refractivity contribution in [2.75, 3.05) is 31.1 Å². The number of pyridine rings is 1. The second-order valence-electron chi connectivity index (χ2n) is 7.87. The van der Waals surface area contributed by atoms with Crippen molar-refractivity contribution in [1.29, 1.82) is 0 Å². The summed E-state index contributed by atoms with van der Waals surface area (Å²) in [5.41, 5.74) is 2.46. The van der Waals surface area contributed by atoms with Gasteiger partial charge in [0.05, 0.1) is 16.8 Å². The van der Waals surface area contributed by atoms with E-state index in [1.165, 1.54) is 6.07 Å². The van der Waals surface area contributed by atoms with Gasteiger partial charge in [0.2, 0.25) is 5.78 Å². The number of phenolic OH excluding ortho intramolecular Hbond substituents is 1. The minimum Gasteiger partial charge on any atom is -0.507 e. The summed E-state index contributed by atoms with van der Waals surface area (Å²) in [6.07, 6.45) is 4.98. The lowest BCUT2D eigenvalue weighted by atomic mass is 10.0. The van der Waals surface area contributed by atoms with Crippen molar-refractivity contribution in [3.8, 4) is 11.5 Å². The van der Waals surface area contributed by atoms with E-state index >= 15 is 0 Å². The van der Waals surface area contributed by atoms with Gasteiger partial charge in [0.1, 0.15) is 17.3 Å². The predicted molar refractivity (Wildman–Crippen MR) is 119 cm³/mol. The second kappa shape index (κ2) is 8.43. The maximum atomic E-state index is 14.1. The zero-order valence-corrected chi connectivity index (χ0v) is 17.4. The Morgan fingerprint density at radius 2 is 1.78 bits per heavy atom. The van der Waals surface area contributed by atoms with E-state index in [0.29, 0.717) is 55.3 Å². The van der Waals surface area contributed by atoms with Crippen LogP contribution in [0.3, 0.4) is 0 Å². The number of fused-ring (bicyclic) bond motifs is 1. The summed E-state index contributed by atoms with van der Waals surface area (Å²) >= 11 is 0. The summed E-state index contributed by atoms with van der Waals surface area (Å²) in [5, 5.41) is 10.5. The summed E-state index contributed by atoms with van der Waals surface area (Å²) in [7, 11) is 0. The van der Waals surface area contributed by atoms with Gasteiger partial charge in [-0.25, -0.2) is 4.39 Å². The van der Waals surface area contributed by atoms with Crippen LogP contribution in [0.4, 0.5) is 10.1 Å². The number of allylic oxidation sites excluding steroid dienone is 1. The first kappa shape index (κ1) is 20.2. The third kappa shape index (κ3) is 3.83. The normalized spacial score (nSPS) is 17.5. The van der Waals surface area contributed by atoms with Crippen LogP contribution in [0.1, 0.15) is 21.5 Å². The molecule has 0 saturated carbocycles. The number of carbonyl (C=O) groups is 1. The molecule has 3 aromatic rings. The van der Waals surface area contributed by atoms with Crippen molar-refractivity contribution in [2.45, 2.75) is 6.54 Å². The molecule has 1 saturated heterocycles. The molecule has 6 nitrogen and oxygen atoms in total. The Bertz CT molecular complexity index is 1190. The summed E-state index contributed by atoms with van der Waals surface area (Å²) in [5.74, 6) is 0.301. The number of ether oxygens (including phenoxy) is 1. The fourth-order valence-corrected chi connectivity index (χ4v) is 4.14. The van der Waals surface area contributed by atoms with Crippen LogP contribution in [-0.2, 0) is 6.54 Å². The molecular formula is C25H22FN3O3. The number of carbonyl (C=O) groups excluding carboxylic acids is 1. The van der Waals surface area contributed by atoms with Gasteiger partial charge in [0.25, 0.3) is 0 Å². The Balaban J connectivity index is 1.33. The largest absolute Gasteiger partial charge is 0.507 e. The van der Waals surface area contributed by atoms with E-state index in [1.807, 2.05) is 11.0 Å². The monoisotopic (exact) mass is 431 g/mol. The molecule has 1 aromatic heterocycles. The van der Waals surface area contributed by atoms with Crippen molar-refractivity contribution in [2.24, 2.45) is 0 Å². The molecule has 162 valence electrons. The second-order valence-corrected chi connectivity index (χ2v) is 7.87. The number of hydrogen-bond donors (Lipinski definition) is 1. The Morgan fingerprint density at radius 3 is 2.53 bits per heavy atom. The van der Waals surface area contributed by atoms with Crippen LogP contribution in [0.2, 0.25) is 0 Å². The standard InChI is InChI=1S/C25H22FN3O3/c26-20-3-1-2-4-21(20)29-13-11-28(12-14-29)16-19-22(30)6-5-18-24(31)23(32-25(18)19)15-17-7-9-27-10-8-17/h1-10,15,30H,11-14,16H2/b23-15-. The van der Waals surface area contributed by atoms with E-state index in [2.05, 4.69) is 9.88 Å². The minimum absolute atomic E-state index is 0.0956. The third-order valence-electron chi connectivity index (χ3n) is 5.87. The van der Waals surface area contributed by atoms with Crippen LogP contribution in [-0.4, -0.2) is 47.0 Å². The van der Waals surface area contributed by atoms with Crippen molar-refractivity contribution >= 4 is 17.5 Å². The molecule has 0 bridgehead atoms. The van der Waals surface area contributed by atoms with Crippen LogP contribution >= 0.6 is 0 Å². The summed E-state index contributed by atoms with van der Waals surface area (Å²) in [6, 6.07) is 13.5. The van der Waals surface area contributed by atoms with E-state index in [4.69, 9.17) is 4.74 Å². The zero-order chi connectivity index (χ0) is 22.1. The van der Waals surface area contributed by atoms with Crippen molar-refractivity contribution in [1.82, 2.24) is 9.88 Å². The van der Waals surface area contributed by atoms with E-state index in [-0.39, 0.29) is 23.1 Å². The average molecular weight is 431 g/mol. The predicted octanol–water partition coefficient (Wildman–Crippen LogP) is 3.86. The van der Waals surface area contributed by atoms with Gasteiger partial charge in [-0.1, -0.05) is 12.1 Å². The Labute approximate surface area is 185 Å². The SMILES string of the molecule is O=C1/C(=C/c2ccncc2)Oc2c1ccc(O)c2CN1CCN(c2ccccc2F)CC1. The quantitative estimate of drug-likeness (QED) is 0.633. The maximum absolute atomic E-state index is 14.1. The number of rotatable bonds is 4. The number of nitrogens with zero attached hydrogens (tertiary/aromatic N) is 3. The first-order chi connectivity index (χ1) is 15.6. The van der Waals surface area contributed by atoms with Gasteiger partial charge in [-0.2, -0.15) is 0 Å². The number of benzene rings is 2. The van der Waals surface area contributed by atoms with E-state index in [9.17, 15) is 14.3 Å². The Kier molecular flexibility index (Phi) is 5.33. The number of anilines is 1. The molecule has 2 aliphatic heterocycles. The number of hydrogen-bond acceptors (Lipinski definition) is 6. The minimum atomic E-state index is -0.222. The molecule has 7 heteroatoms. The molecule has 2 aromatic carbocycles. The van der Waals surface area contributed by atoms with Crippen molar-refractivity contribution < 1.29 is 19.0 Å². The van der Waals surface area contributed by atoms with E-state index in [1.54, 1.807) is 54.9 Å². The van der Waals surface area contributed by atoms with Gasteiger partial charge in [0, 0.05) is 45.1 Å². The van der Waals surface area contributed by atoms with Gasteiger partial charge in [-0.3, -0.25) is 14.7 Å². The molecule has 0 aliphatic carbocycles. The van der Waals surface area contributed by atoms with E-state index in [0.717, 1.165) is 5.56 Å². The first-order valence-electron chi connectivity index (χ1n) is 10.5. The lowest BCUT2D eigenvalue weighted by molar-refractivity contribution is 0.101. The molecule has 0 radical (unpaired) electrons. The first-order valence-corrected chi connectivity index (χ1v) is 10.5. The molecule has 32 heavy (non-hydrogen) atoms. The van der Waals surface area contributed by atoms with Crippen LogP contribution < -0.4 is 9.64 Å². The smallest absolute Gasteiger partial charge is 0.231 e. The highest BCUT2D eigenvalue weighted by molar-refractivity contribution is 6.15. The van der Waals surface area contributed by atoms with Gasteiger partial charge < -0.3 is 14.7 Å². The van der Waals surface area contributed by atoms with Gasteiger partial charge >= 0.3 is 0 Å². The fourth-order valence-electron chi connectivity index (χ4n) is 4.14. The van der Waals surface area contributed by atoms with Crippen LogP contribution in [0, 0.1) is 5.82 Å². The molecule has 1 N–H and O–H groups in total. The summed E-state index contributed by atoms with van der Waals surface area (Å²) in [4.78, 5) is 21.0. The molecule has 0 unspecified atom stereocenters. The molecule has 0 amide bonds. The number of ketones is 1. The number of aromatic hydroxyl groups is 1. The van der Waals surface area contributed by atoms with Crippen molar-refractivity contribution in [3.05, 3.63) is 89.2 Å². The van der Waals surface area contributed by atoms with Crippen LogP contribution in [0.5, 0.6) is 11.5 Å². The van der Waals surface area contributed by atoms with Crippen LogP contribution in [0.25, 0.3) is 6.08 Å². The number of halogens is 1. The molecule has 0 atom stereocenters. The molecular weight excluding hydrogens is 409 g/mol. The molecule has 3 heterocycles. The molecule has 0 spiro atoms. The number of piperazine rings is 1. The topological polar surface area (TPSA) is 65.9 Å². The zero-order valence-electron chi connectivity index (χ0n) is 17.4. The molecule has 1 fully saturated rings. The fraction of sp³-hybridized carbons (Fsp3) is 0.200. The lowest BCUT2D eigenvalue weighted by Gasteiger charge is -2.36. The number of aromatic nitrogens is 1. The molecule has 5 rings (SSSR count).